The molecule has 15 heavy (non-hydrogen) atoms. The van der Waals surface area contributed by atoms with E-state index in [4.69, 9.17) is 4.74 Å². The van der Waals surface area contributed by atoms with Crippen LogP contribution in [0, 0.1) is 5.92 Å². The number of ether oxygens (including phenoxy) is 1. The summed E-state index contributed by atoms with van der Waals surface area (Å²) in [5.74, 6) is -0.0481. The zero-order valence-corrected chi connectivity index (χ0v) is 9.95. The Morgan fingerprint density at radius 3 is 2.67 bits per heavy atom. The smallest absolute Gasteiger partial charge is 0.319 e. The molecule has 0 aliphatic rings. The monoisotopic (exact) mass is 217 g/mol. The van der Waals surface area contributed by atoms with Crippen LogP contribution in [-0.2, 0) is 9.53 Å². The first-order valence-electron chi connectivity index (χ1n) is 5.62. The van der Waals surface area contributed by atoms with Crippen molar-refractivity contribution in [2.24, 2.45) is 5.92 Å². The summed E-state index contributed by atoms with van der Waals surface area (Å²) in [7, 11) is 0. The van der Waals surface area contributed by atoms with Gasteiger partial charge in [0.15, 0.2) is 0 Å². The largest absolute Gasteiger partial charge is 0.465 e. The highest BCUT2D eigenvalue weighted by atomic mass is 16.5. The van der Waals surface area contributed by atoms with Crippen LogP contribution in [0.15, 0.2) is 0 Å². The first kappa shape index (κ1) is 14.4. The maximum absolute atomic E-state index is 11.1. The van der Waals surface area contributed by atoms with E-state index in [1.165, 1.54) is 0 Å². The van der Waals surface area contributed by atoms with Gasteiger partial charge in [-0.2, -0.15) is 0 Å². The van der Waals surface area contributed by atoms with Crippen LogP contribution in [0.3, 0.4) is 0 Å². The second-order valence-electron chi connectivity index (χ2n) is 4.02. The van der Waals surface area contributed by atoms with E-state index in [-0.39, 0.29) is 18.4 Å². The number of aliphatic hydroxyl groups excluding tert-OH is 1. The van der Waals surface area contributed by atoms with E-state index < -0.39 is 6.10 Å². The molecule has 0 aliphatic carbocycles. The highest BCUT2D eigenvalue weighted by molar-refractivity contribution is 5.71. The van der Waals surface area contributed by atoms with Crippen LogP contribution in [0.2, 0.25) is 0 Å². The maximum Gasteiger partial charge on any atom is 0.319 e. The van der Waals surface area contributed by atoms with Crippen LogP contribution in [0.4, 0.5) is 0 Å². The molecule has 0 saturated heterocycles. The number of carbonyl (C=O) groups excluding carboxylic acids is 1. The Kier molecular flexibility index (Phi) is 8.33. The molecular weight excluding hydrogens is 194 g/mol. The predicted octanol–water partition coefficient (Wildman–Crippen LogP) is 0.936. The Balaban J connectivity index is 3.38. The van der Waals surface area contributed by atoms with Crippen molar-refractivity contribution in [2.75, 3.05) is 19.7 Å². The molecule has 0 spiro atoms. The summed E-state index contributed by atoms with van der Waals surface area (Å²) in [5.41, 5.74) is 0. The van der Waals surface area contributed by atoms with Gasteiger partial charge < -0.3 is 15.2 Å². The lowest BCUT2D eigenvalue weighted by Gasteiger charge is -2.14. The van der Waals surface area contributed by atoms with E-state index in [0.717, 1.165) is 12.8 Å². The van der Waals surface area contributed by atoms with Gasteiger partial charge in [-0.15, -0.1) is 0 Å². The van der Waals surface area contributed by atoms with Gasteiger partial charge in [-0.1, -0.05) is 27.2 Å². The Hall–Kier alpha value is -0.610. The second kappa shape index (κ2) is 8.68. The van der Waals surface area contributed by atoms with Crippen molar-refractivity contribution in [3.63, 3.8) is 0 Å². The van der Waals surface area contributed by atoms with Gasteiger partial charge in [0.05, 0.1) is 19.3 Å². The van der Waals surface area contributed by atoms with Crippen molar-refractivity contribution in [3.8, 4) is 0 Å². The Labute approximate surface area is 92.0 Å². The number of esters is 1. The fourth-order valence-corrected chi connectivity index (χ4v) is 0.939. The molecular formula is C11H23NO3. The zero-order chi connectivity index (χ0) is 11.7. The molecule has 0 aromatic carbocycles. The Morgan fingerprint density at radius 1 is 1.47 bits per heavy atom. The van der Waals surface area contributed by atoms with Gasteiger partial charge in [-0.05, 0) is 12.3 Å². The summed E-state index contributed by atoms with van der Waals surface area (Å²) < 4.78 is 4.94. The minimum absolute atomic E-state index is 0.174. The molecule has 1 atom stereocenters. The lowest BCUT2D eigenvalue weighted by atomic mass is 10.1. The minimum atomic E-state index is -0.409. The first-order valence-corrected chi connectivity index (χ1v) is 5.62. The SMILES string of the molecule is CCCCOC(=O)CNCC(O)C(C)C. The molecule has 1 unspecified atom stereocenters. The van der Waals surface area contributed by atoms with Crippen molar-refractivity contribution in [1.82, 2.24) is 5.32 Å². The van der Waals surface area contributed by atoms with E-state index in [1.54, 1.807) is 0 Å². The number of hydrogen-bond acceptors (Lipinski definition) is 4. The standard InChI is InChI=1S/C11H23NO3/c1-4-5-6-15-11(14)8-12-7-10(13)9(2)3/h9-10,12-13H,4-8H2,1-3H3. The van der Waals surface area contributed by atoms with Gasteiger partial charge in [-0.25, -0.2) is 0 Å². The van der Waals surface area contributed by atoms with Crippen LogP contribution in [0.1, 0.15) is 33.6 Å². The summed E-state index contributed by atoms with van der Waals surface area (Å²) in [4.78, 5) is 11.1. The average molecular weight is 217 g/mol. The molecule has 0 rings (SSSR count). The lowest BCUT2D eigenvalue weighted by molar-refractivity contribution is -0.142. The molecule has 0 aliphatic heterocycles. The topological polar surface area (TPSA) is 58.6 Å². The average Bonchev–Trinajstić information content (AvgIpc) is 2.18. The molecule has 0 radical (unpaired) electrons. The van der Waals surface area contributed by atoms with Gasteiger partial charge in [0.1, 0.15) is 0 Å². The highest BCUT2D eigenvalue weighted by Crippen LogP contribution is 1.98. The molecule has 90 valence electrons. The van der Waals surface area contributed by atoms with Gasteiger partial charge >= 0.3 is 5.97 Å². The summed E-state index contributed by atoms with van der Waals surface area (Å²) >= 11 is 0. The van der Waals surface area contributed by atoms with E-state index >= 15 is 0 Å². The number of nitrogens with one attached hydrogen (secondary N) is 1. The number of aliphatic hydroxyl groups is 1. The molecule has 0 heterocycles. The normalized spacial score (nSPS) is 12.9. The molecule has 0 aromatic rings. The van der Waals surface area contributed by atoms with E-state index in [9.17, 15) is 9.90 Å². The number of hydrogen-bond donors (Lipinski definition) is 2. The molecule has 0 fully saturated rings. The minimum Gasteiger partial charge on any atom is -0.465 e. The Morgan fingerprint density at radius 2 is 2.13 bits per heavy atom. The fraction of sp³-hybridized carbons (Fsp3) is 0.909. The second-order valence-corrected chi connectivity index (χ2v) is 4.02. The van der Waals surface area contributed by atoms with Crippen LogP contribution >= 0.6 is 0 Å². The first-order chi connectivity index (χ1) is 7.07. The van der Waals surface area contributed by atoms with Crippen LogP contribution in [-0.4, -0.2) is 36.9 Å². The summed E-state index contributed by atoms with van der Waals surface area (Å²) in [5, 5.41) is 12.3. The molecule has 0 aromatic heterocycles. The third-order valence-electron chi connectivity index (χ3n) is 2.15. The van der Waals surface area contributed by atoms with Crippen molar-refractivity contribution in [3.05, 3.63) is 0 Å². The maximum atomic E-state index is 11.1. The van der Waals surface area contributed by atoms with Crippen molar-refractivity contribution in [1.29, 1.82) is 0 Å². The summed E-state index contributed by atoms with van der Waals surface area (Å²) in [6, 6.07) is 0. The molecule has 0 bridgehead atoms. The molecule has 2 N–H and O–H groups in total. The van der Waals surface area contributed by atoms with Gasteiger partial charge in [-0.3, -0.25) is 4.79 Å². The van der Waals surface area contributed by atoms with Crippen LogP contribution < -0.4 is 5.32 Å². The Bertz CT molecular complexity index is 171. The van der Waals surface area contributed by atoms with Crippen molar-refractivity contribution >= 4 is 5.97 Å². The quantitative estimate of drug-likeness (QED) is 0.469. The van der Waals surface area contributed by atoms with Gasteiger partial charge in [0.25, 0.3) is 0 Å². The third kappa shape index (κ3) is 8.39. The number of unbranched alkanes of at least 4 members (excludes halogenated alkanes) is 1. The third-order valence-corrected chi connectivity index (χ3v) is 2.15. The summed E-state index contributed by atoms with van der Waals surface area (Å²) in [6.07, 6.45) is 1.51. The predicted molar refractivity (Wildman–Crippen MR) is 59.6 cm³/mol. The van der Waals surface area contributed by atoms with Crippen molar-refractivity contribution in [2.45, 2.75) is 39.7 Å². The molecule has 4 heteroatoms. The molecule has 0 saturated carbocycles. The molecule has 4 nitrogen and oxygen atoms in total. The number of carbonyl (C=O) groups is 1. The van der Waals surface area contributed by atoms with E-state index in [0.29, 0.717) is 13.2 Å². The van der Waals surface area contributed by atoms with Crippen LogP contribution in [0.5, 0.6) is 0 Å². The number of rotatable bonds is 8. The highest BCUT2D eigenvalue weighted by Gasteiger charge is 2.09. The summed E-state index contributed by atoms with van der Waals surface area (Å²) in [6.45, 7) is 7.01. The zero-order valence-electron chi connectivity index (χ0n) is 9.95. The van der Waals surface area contributed by atoms with E-state index in [2.05, 4.69) is 5.32 Å². The van der Waals surface area contributed by atoms with Gasteiger partial charge in [0, 0.05) is 6.54 Å². The fourth-order valence-electron chi connectivity index (χ4n) is 0.939. The van der Waals surface area contributed by atoms with Crippen molar-refractivity contribution < 1.29 is 14.6 Å². The van der Waals surface area contributed by atoms with Gasteiger partial charge in [0.2, 0.25) is 0 Å². The van der Waals surface area contributed by atoms with Crippen LogP contribution in [0.25, 0.3) is 0 Å². The van der Waals surface area contributed by atoms with E-state index in [1.807, 2.05) is 20.8 Å². The lowest BCUT2D eigenvalue weighted by Crippen LogP contribution is -2.34. The molecule has 0 amide bonds.